The summed E-state index contributed by atoms with van der Waals surface area (Å²) in [4.78, 5) is 0. The standard InChI is InChI=1S/C123H126Br2N6/c1-115(2,3)73-27-43-107-89(59-73)90-60-74(116(4,5)6)28-44-108(90)128(107)83-37-51-103-97(69-83)98-70-84(129-109-45-29-75(117(7,8)9)61-91(109)92-62-76(118(10,11)12)30-46-110(92)129)38-52-104(98)126(103)57-25-55-123(101-67-81(124)35-41-87(101)88-42-36-82(125)68-102(88)123)56-26-58-127-105-53-39-85(130-111-47-31-77(119(13,14)15)63-93(111)94-64-78(120(16,17)18)32-48-112(94)130)71-99(105)100-72-86(40-54-106(100)127)131-113-49-33-79(121(19,20)21)65-95(113)96-66-80(122(22,23)24)34-50-114(96)131/h27-54,59-72H,25-26,55-58H2,1-24H3. The van der Waals surface area contributed by atoms with Crippen molar-refractivity contribution in [2.24, 2.45) is 0 Å². The molecule has 20 aromatic rings. The first-order chi connectivity index (χ1) is 61.8. The summed E-state index contributed by atoms with van der Waals surface area (Å²) in [6, 6.07) is 102. The molecule has 6 heterocycles. The summed E-state index contributed by atoms with van der Waals surface area (Å²) in [6.07, 6.45) is 3.71. The van der Waals surface area contributed by atoms with Gasteiger partial charge in [0.25, 0.3) is 0 Å². The summed E-state index contributed by atoms with van der Waals surface area (Å²) in [7, 11) is 0. The molecule has 0 spiro atoms. The van der Waals surface area contributed by atoms with Gasteiger partial charge in [0.05, 0.1) is 44.1 Å². The number of benzene rings is 14. The summed E-state index contributed by atoms with van der Waals surface area (Å²) in [5, 5.41) is 15.3. The second-order valence-corrected chi connectivity index (χ2v) is 48.8. The quantitative estimate of drug-likeness (QED) is 0.117. The Labute approximate surface area is 790 Å². The second-order valence-electron chi connectivity index (χ2n) is 47.0. The average Bonchev–Trinajstić information content (AvgIpc) is 1.56. The Morgan fingerprint density at radius 2 is 0.374 bits per heavy atom. The van der Waals surface area contributed by atoms with Gasteiger partial charge >= 0.3 is 0 Å². The number of aromatic nitrogens is 6. The van der Waals surface area contributed by atoms with Crippen molar-refractivity contribution in [2.45, 2.75) is 254 Å². The van der Waals surface area contributed by atoms with Gasteiger partial charge in [0.2, 0.25) is 0 Å². The van der Waals surface area contributed by atoms with Gasteiger partial charge < -0.3 is 27.4 Å². The van der Waals surface area contributed by atoms with Crippen LogP contribution in [-0.2, 0) is 61.8 Å². The Balaban J connectivity index is 0.722. The molecular formula is C123H126Br2N6. The van der Waals surface area contributed by atoms with Gasteiger partial charge in [-0.3, -0.25) is 0 Å². The molecule has 1 aliphatic rings. The maximum atomic E-state index is 4.13. The fourth-order valence-electron chi connectivity index (χ4n) is 22.3. The van der Waals surface area contributed by atoms with E-state index in [1.54, 1.807) is 0 Å². The van der Waals surface area contributed by atoms with E-state index in [2.05, 4.69) is 480 Å². The summed E-state index contributed by atoms with van der Waals surface area (Å²) in [5.41, 5.74) is 35.0. The van der Waals surface area contributed by atoms with Gasteiger partial charge in [0, 0.05) is 137 Å². The van der Waals surface area contributed by atoms with Crippen molar-refractivity contribution in [3.63, 3.8) is 0 Å². The van der Waals surface area contributed by atoms with Crippen molar-refractivity contribution in [3.05, 3.63) is 319 Å². The number of fused-ring (bicyclic) bond motifs is 21. The fourth-order valence-corrected chi connectivity index (χ4v) is 23.0. The molecule has 0 atom stereocenters. The predicted octanol–water partition coefficient (Wildman–Crippen LogP) is 35.4. The number of halogens is 2. The van der Waals surface area contributed by atoms with E-state index in [1.165, 1.54) is 198 Å². The van der Waals surface area contributed by atoms with Crippen molar-refractivity contribution in [1.82, 2.24) is 27.4 Å². The number of aryl methyl sites for hydroxylation is 2. The lowest BCUT2D eigenvalue weighted by molar-refractivity contribution is 0.397. The molecule has 0 saturated heterocycles. The molecule has 6 nitrogen and oxygen atoms in total. The molecule has 0 unspecified atom stereocenters. The number of hydrogen-bond donors (Lipinski definition) is 0. The Morgan fingerprint density at radius 1 is 0.198 bits per heavy atom. The SMILES string of the molecule is CC(C)(C)c1ccc2c(c1)c1cc(C(C)(C)C)ccc1n2-c1ccc2c(c1)c1cc(-n3c4ccc(C(C)(C)C)cc4c4cc(C(C)(C)C)ccc43)ccc1n2CCCC1(CCCn2c3ccc(-n4c5ccc(C(C)(C)C)cc5c5cc(C(C)(C)C)ccc54)cc3c3cc(-n4c5ccc(C(C)(C)C)cc5c5cc(C(C)(C)C)ccc54)ccc32)c2cc(Br)ccc2-c2ccc(Br)cc21. The van der Waals surface area contributed by atoms with E-state index < -0.39 is 0 Å². The smallest absolute Gasteiger partial charge is 0.0541 e. The first kappa shape index (κ1) is 86.5. The van der Waals surface area contributed by atoms with Crippen LogP contribution in [0.1, 0.15) is 247 Å². The van der Waals surface area contributed by atoms with E-state index in [4.69, 9.17) is 0 Å². The maximum Gasteiger partial charge on any atom is 0.0541 e. The third-order valence-corrected chi connectivity index (χ3v) is 30.9. The minimum Gasteiger partial charge on any atom is -0.340 e. The highest BCUT2D eigenvalue weighted by atomic mass is 79.9. The molecule has 0 amide bonds. The highest BCUT2D eigenvalue weighted by molar-refractivity contribution is 9.10. The zero-order chi connectivity index (χ0) is 92.2. The van der Waals surface area contributed by atoms with E-state index in [-0.39, 0.29) is 48.7 Å². The molecule has 0 fully saturated rings. The summed E-state index contributed by atoms with van der Waals surface area (Å²) >= 11 is 8.26. The first-order valence-corrected chi connectivity index (χ1v) is 49.5. The molecule has 0 N–H and O–H groups in total. The number of nitrogens with zero attached hydrogens (tertiary/aromatic N) is 6. The van der Waals surface area contributed by atoms with Crippen LogP contribution in [0.15, 0.2) is 264 Å². The molecule has 0 aliphatic heterocycles. The molecule has 14 aromatic carbocycles. The minimum atomic E-state index is -0.352. The Morgan fingerprint density at radius 3 is 0.557 bits per heavy atom. The normalized spacial score (nSPS) is 14.0. The van der Waals surface area contributed by atoms with Gasteiger partial charge in [-0.15, -0.1) is 0 Å². The van der Waals surface area contributed by atoms with Crippen LogP contribution in [0.2, 0.25) is 0 Å². The lowest BCUT2D eigenvalue weighted by atomic mass is 9.71. The summed E-state index contributed by atoms with van der Waals surface area (Å²) < 4.78 is 17.8. The van der Waals surface area contributed by atoms with E-state index in [0.29, 0.717) is 0 Å². The molecule has 0 bridgehead atoms. The molecule has 662 valence electrons. The van der Waals surface area contributed by atoms with Crippen molar-refractivity contribution in [2.75, 3.05) is 0 Å². The van der Waals surface area contributed by atoms with Gasteiger partial charge in [0.15, 0.2) is 0 Å². The van der Waals surface area contributed by atoms with Crippen LogP contribution in [0.3, 0.4) is 0 Å². The Kier molecular flexibility index (Phi) is 19.8. The van der Waals surface area contributed by atoms with Gasteiger partial charge in [-0.1, -0.05) is 259 Å². The zero-order valence-corrected chi connectivity index (χ0v) is 84.6. The Hall–Kier alpha value is -11.2. The van der Waals surface area contributed by atoms with Crippen LogP contribution in [0, 0.1) is 0 Å². The topological polar surface area (TPSA) is 29.6 Å². The van der Waals surface area contributed by atoms with Crippen LogP contribution in [0.25, 0.3) is 165 Å². The largest absolute Gasteiger partial charge is 0.340 e. The lowest BCUT2D eigenvalue weighted by Gasteiger charge is -2.33. The van der Waals surface area contributed by atoms with Crippen LogP contribution in [-0.4, -0.2) is 27.4 Å². The first-order valence-electron chi connectivity index (χ1n) is 47.9. The second kappa shape index (κ2) is 29.9. The van der Waals surface area contributed by atoms with Crippen molar-refractivity contribution in [1.29, 1.82) is 0 Å². The van der Waals surface area contributed by atoms with Gasteiger partial charge in [-0.05, 0) is 330 Å². The molecule has 0 saturated carbocycles. The van der Waals surface area contributed by atoms with Crippen LogP contribution in [0.4, 0.5) is 0 Å². The molecule has 131 heavy (non-hydrogen) atoms. The third-order valence-electron chi connectivity index (χ3n) is 29.9. The van der Waals surface area contributed by atoms with E-state index in [1.807, 2.05) is 0 Å². The van der Waals surface area contributed by atoms with Crippen LogP contribution < -0.4 is 0 Å². The van der Waals surface area contributed by atoms with Gasteiger partial charge in [-0.25, -0.2) is 0 Å². The fraction of sp³-hybridized carbons (Fsp3) is 0.317. The van der Waals surface area contributed by atoms with Crippen molar-refractivity contribution < 1.29 is 0 Å². The van der Waals surface area contributed by atoms with E-state index in [0.717, 1.165) is 70.5 Å². The maximum absolute atomic E-state index is 4.13. The lowest BCUT2D eigenvalue weighted by Crippen LogP contribution is -2.26. The van der Waals surface area contributed by atoms with Crippen LogP contribution >= 0.6 is 31.9 Å². The minimum absolute atomic E-state index is 0.0232. The molecule has 21 rings (SSSR count). The predicted molar refractivity (Wildman–Crippen MR) is 572 cm³/mol. The number of rotatable bonds is 12. The summed E-state index contributed by atoms with van der Waals surface area (Å²) in [6.45, 7) is 57.7. The average molecular weight is 1850 g/mol. The number of hydrogen-bond acceptors (Lipinski definition) is 0. The Bertz CT molecular complexity index is 7010. The van der Waals surface area contributed by atoms with Gasteiger partial charge in [0.1, 0.15) is 0 Å². The molecular weight excluding hydrogens is 1720 g/mol. The summed E-state index contributed by atoms with van der Waals surface area (Å²) in [5.74, 6) is 0. The zero-order valence-electron chi connectivity index (χ0n) is 81.4. The highest BCUT2D eigenvalue weighted by Crippen LogP contribution is 2.57. The molecule has 0 radical (unpaired) electrons. The van der Waals surface area contributed by atoms with Gasteiger partial charge in [-0.2, -0.15) is 0 Å². The van der Waals surface area contributed by atoms with E-state index in [9.17, 15) is 0 Å². The van der Waals surface area contributed by atoms with Crippen molar-refractivity contribution in [3.8, 4) is 33.9 Å². The molecule has 6 aromatic heterocycles. The molecule has 8 heteroatoms. The molecule has 1 aliphatic carbocycles. The van der Waals surface area contributed by atoms with Crippen LogP contribution in [0.5, 0.6) is 0 Å². The van der Waals surface area contributed by atoms with Crippen molar-refractivity contribution >= 4 is 163 Å². The highest BCUT2D eigenvalue weighted by Gasteiger charge is 2.43. The monoisotopic (exact) mass is 1840 g/mol. The third kappa shape index (κ3) is 14.3. The van der Waals surface area contributed by atoms with E-state index >= 15 is 0 Å².